The summed E-state index contributed by atoms with van der Waals surface area (Å²) < 4.78 is 7.72. The van der Waals surface area contributed by atoms with Crippen molar-refractivity contribution in [3.05, 3.63) is 70.4 Å². The van der Waals surface area contributed by atoms with E-state index >= 15 is 0 Å². The first-order valence-electron chi connectivity index (χ1n) is 12.1. The highest BCUT2D eigenvalue weighted by Gasteiger charge is 2.34. The lowest BCUT2D eigenvalue weighted by atomic mass is 9.94. The van der Waals surface area contributed by atoms with E-state index in [2.05, 4.69) is 30.5 Å². The van der Waals surface area contributed by atoms with E-state index in [4.69, 9.17) is 14.8 Å². The first kappa shape index (κ1) is 24.9. The van der Waals surface area contributed by atoms with Crippen molar-refractivity contribution in [1.82, 2.24) is 14.8 Å². The molecule has 2 heterocycles. The predicted molar refractivity (Wildman–Crippen MR) is 142 cm³/mol. The Morgan fingerprint density at radius 3 is 2.71 bits per heavy atom. The van der Waals surface area contributed by atoms with Crippen LogP contribution in [-0.4, -0.2) is 33.0 Å². The molecule has 1 unspecified atom stereocenters. The molecule has 184 valence electrons. The molecule has 0 radical (unpaired) electrons. The Morgan fingerprint density at radius 2 is 1.97 bits per heavy atom. The summed E-state index contributed by atoms with van der Waals surface area (Å²) in [5.41, 5.74) is 5.24. The van der Waals surface area contributed by atoms with E-state index < -0.39 is 6.04 Å². The number of aromatic nitrogens is 3. The number of hydrogen-bond acceptors (Lipinski definition) is 6. The molecule has 8 heteroatoms. The number of aryl methyl sites for hydroxylation is 2. The summed E-state index contributed by atoms with van der Waals surface area (Å²) in [5.74, 6) is 2.17. The zero-order valence-corrected chi connectivity index (χ0v) is 21.8. The van der Waals surface area contributed by atoms with Crippen molar-refractivity contribution in [2.75, 3.05) is 23.0 Å². The smallest absolute Gasteiger partial charge is 0.255 e. The van der Waals surface area contributed by atoms with Crippen molar-refractivity contribution in [2.24, 2.45) is 0 Å². The van der Waals surface area contributed by atoms with Gasteiger partial charge < -0.3 is 15.4 Å². The molecule has 0 saturated heterocycles. The Balaban J connectivity index is 1.76. The highest BCUT2D eigenvalue weighted by molar-refractivity contribution is 7.99. The average Bonchev–Trinajstić information content (AvgIpc) is 3.24. The first-order chi connectivity index (χ1) is 16.9. The maximum Gasteiger partial charge on any atom is 0.255 e. The van der Waals surface area contributed by atoms with Crippen LogP contribution in [0.5, 0.6) is 5.75 Å². The number of carbonyl (C=O) groups excluding carboxylic acids is 1. The number of nitrogens with one attached hydrogen (secondary N) is 2. The fraction of sp³-hybridized carbons (Fsp3) is 0.370. The fourth-order valence-corrected chi connectivity index (χ4v) is 4.81. The van der Waals surface area contributed by atoms with Crippen LogP contribution in [0.1, 0.15) is 56.3 Å². The molecule has 0 aliphatic carbocycles. The van der Waals surface area contributed by atoms with E-state index in [1.165, 1.54) is 0 Å². The van der Waals surface area contributed by atoms with Gasteiger partial charge in [-0.05, 0) is 62.9 Å². The normalized spacial score (nSPS) is 14.9. The van der Waals surface area contributed by atoms with Gasteiger partial charge in [-0.3, -0.25) is 4.79 Å². The van der Waals surface area contributed by atoms with Crippen LogP contribution < -0.4 is 15.4 Å². The number of fused-ring (bicyclic) bond motifs is 1. The van der Waals surface area contributed by atoms with Crippen molar-refractivity contribution >= 4 is 29.3 Å². The van der Waals surface area contributed by atoms with E-state index in [1.807, 2.05) is 61.9 Å². The van der Waals surface area contributed by atoms with Gasteiger partial charge in [-0.1, -0.05) is 55.4 Å². The van der Waals surface area contributed by atoms with E-state index in [0.29, 0.717) is 23.3 Å². The number of carbonyl (C=O) groups is 1. The van der Waals surface area contributed by atoms with Gasteiger partial charge >= 0.3 is 0 Å². The Morgan fingerprint density at radius 1 is 1.14 bits per heavy atom. The zero-order chi connectivity index (χ0) is 24.9. The third-order valence-corrected chi connectivity index (χ3v) is 6.83. The molecule has 4 rings (SSSR count). The maximum absolute atomic E-state index is 13.7. The average molecular weight is 492 g/mol. The van der Waals surface area contributed by atoms with Crippen LogP contribution in [0.2, 0.25) is 0 Å². The molecule has 1 amide bonds. The van der Waals surface area contributed by atoms with E-state index in [9.17, 15) is 4.79 Å². The number of allylic oxidation sites excluding steroid dienone is 1. The summed E-state index contributed by atoms with van der Waals surface area (Å²) in [6, 6.07) is 13.5. The van der Waals surface area contributed by atoms with Crippen molar-refractivity contribution in [3.8, 4) is 5.75 Å². The lowest BCUT2D eigenvalue weighted by Gasteiger charge is -2.29. The lowest BCUT2D eigenvalue weighted by molar-refractivity contribution is -0.113. The van der Waals surface area contributed by atoms with E-state index in [0.717, 1.165) is 52.4 Å². The van der Waals surface area contributed by atoms with Gasteiger partial charge in [-0.25, -0.2) is 4.68 Å². The number of amides is 1. The number of anilines is 2. The molecule has 1 aromatic heterocycles. The molecule has 1 aliphatic heterocycles. The molecule has 35 heavy (non-hydrogen) atoms. The van der Waals surface area contributed by atoms with Crippen molar-refractivity contribution in [2.45, 2.75) is 58.7 Å². The monoisotopic (exact) mass is 491 g/mol. The molecular formula is C27H33N5O2S. The van der Waals surface area contributed by atoms with Crippen molar-refractivity contribution in [3.63, 3.8) is 0 Å². The second-order valence-electron chi connectivity index (χ2n) is 8.77. The van der Waals surface area contributed by atoms with Gasteiger partial charge in [0.15, 0.2) is 0 Å². The molecule has 7 nitrogen and oxygen atoms in total. The molecule has 0 fully saturated rings. The number of thioether (sulfide) groups is 1. The SMILES string of the molecule is CCCOc1cccc(C2C(C(=O)Nc3ccc(C)cc3C)=C(C)Nc3nc(SCCC)nn32)c1. The number of rotatable bonds is 9. The summed E-state index contributed by atoms with van der Waals surface area (Å²) in [6.45, 7) is 10.8. The van der Waals surface area contributed by atoms with Gasteiger partial charge in [0.05, 0.1) is 12.2 Å². The minimum absolute atomic E-state index is 0.171. The van der Waals surface area contributed by atoms with Gasteiger partial charge in [-0.2, -0.15) is 4.98 Å². The van der Waals surface area contributed by atoms with Crippen LogP contribution in [0.4, 0.5) is 11.6 Å². The molecule has 3 aromatic rings. The lowest BCUT2D eigenvalue weighted by Crippen LogP contribution is -2.31. The summed E-state index contributed by atoms with van der Waals surface area (Å²) in [5, 5.41) is 11.9. The largest absolute Gasteiger partial charge is 0.494 e. The van der Waals surface area contributed by atoms with Crippen LogP contribution in [0.25, 0.3) is 0 Å². The summed E-state index contributed by atoms with van der Waals surface area (Å²) >= 11 is 1.62. The fourth-order valence-electron chi connectivity index (χ4n) is 4.13. The molecule has 0 bridgehead atoms. The Hall–Kier alpha value is -3.26. The second-order valence-corrected chi connectivity index (χ2v) is 9.83. The summed E-state index contributed by atoms with van der Waals surface area (Å²) in [7, 11) is 0. The summed E-state index contributed by atoms with van der Waals surface area (Å²) in [4.78, 5) is 18.4. The van der Waals surface area contributed by atoms with Crippen molar-refractivity contribution in [1.29, 1.82) is 0 Å². The molecule has 2 N–H and O–H groups in total. The Bertz CT molecular complexity index is 1250. The molecule has 0 saturated carbocycles. The zero-order valence-electron chi connectivity index (χ0n) is 21.0. The van der Waals surface area contributed by atoms with Gasteiger partial charge in [0.2, 0.25) is 11.1 Å². The number of ether oxygens (including phenoxy) is 1. The highest BCUT2D eigenvalue weighted by atomic mass is 32.2. The minimum atomic E-state index is -0.439. The van der Waals surface area contributed by atoms with Crippen LogP contribution in [-0.2, 0) is 4.79 Å². The van der Waals surface area contributed by atoms with Crippen LogP contribution in [0.15, 0.2) is 58.9 Å². The standard InChI is InChI=1S/C27H33N5O2S/c1-6-13-34-21-10-8-9-20(16-21)24-23(25(33)29-22-12-11-17(3)15-18(22)4)19(5)28-26-30-27(31-32(24)26)35-14-7-2/h8-12,15-16,24H,6-7,13-14H2,1-5H3,(H,29,33)(H,28,30,31). The number of nitrogens with zero attached hydrogens (tertiary/aromatic N) is 3. The molecule has 2 aromatic carbocycles. The Labute approximate surface area is 211 Å². The summed E-state index contributed by atoms with van der Waals surface area (Å²) in [6.07, 6.45) is 1.95. The van der Waals surface area contributed by atoms with E-state index in [-0.39, 0.29) is 5.91 Å². The predicted octanol–water partition coefficient (Wildman–Crippen LogP) is 6.11. The third-order valence-electron chi connectivity index (χ3n) is 5.79. The van der Waals surface area contributed by atoms with Gasteiger partial charge in [0.25, 0.3) is 5.91 Å². The number of benzene rings is 2. The van der Waals surface area contributed by atoms with Crippen LogP contribution in [0.3, 0.4) is 0 Å². The van der Waals surface area contributed by atoms with Gasteiger partial charge in [-0.15, -0.1) is 5.10 Å². The molecular weight excluding hydrogens is 458 g/mol. The third kappa shape index (κ3) is 5.53. The first-order valence-corrected chi connectivity index (χ1v) is 13.1. The van der Waals surface area contributed by atoms with Crippen LogP contribution >= 0.6 is 11.8 Å². The molecule has 0 spiro atoms. The quantitative estimate of drug-likeness (QED) is 0.351. The minimum Gasteiger partial charge on any atom is -0.494 e. The van der Waals surface area contributed by atoms with Crippen LogP contribution in [0, 0.1) is 13.8 Å². The molecule has 1 atom stereocenters. The second kappa shape index (κ2) is 11.0. The maximum atomic E-state index is 13.7. The van der Waals surface area contributed by atoms with Gasteiger partial charge in [0, 0.05) is 17.1 Å². The topological polar surface area (TPSA) is 81.1 Å². The number of hydrogen-bond donors (Lipinski definition) is 2. The Kier molecular flexibility index (Phi) is 7.80. The van der Waals surface area contributed by atoms with Gasteiger partial charge in [0.1, 0.15) is 11.8 Å². The van der Waals surface area contributed by atoms with E-state index in [1.54, 1.807) is 11.8 Å². The highest BCUT2D eigenvalue weighted by Crippen LogP contribution is 2.38. The molecule has 1 aliphatic rings. The van der Waals surface area contributed by atoms with Crippen molar-refractivity contribution < 1.29 is 9.53 Å².